The van der Waals surface area contributed by atoms with Crippen LogP contribution in [0, 0.1) is 5.92 Å². The van der Waals surface area contributed by atoms with Gasteiger partial charge >= 0.3 is 6.18 Å². The van der Waals surface area contributed by atoms with Gasteiger partial charge < -0.3 is 10.6 Å². The highest BCUT2D eigenvalue weighted by molar-refractivity contribution is 9.10. The average Bonchev–Trinajstić information content (AvgIpc) is 3.17. The van der Waals surface area contributed by atoms with Gasteiger partial charge in [0.15, 0.2) is 0 Å². The summed E-state index contributed by atoms with van der Waals surface area (Å²) >= 11 is 3.36. The number of pyridine rings is 2. The highest BCUT2D eigenvalue weighted by atomic mass is 79.9. The normalized spacial score (nSPS) is 18.8. The fourth-order valence-corrected chi connectivity index (χ4v) is 4.59. The summed E-state index contributed by atoms with van der Waals surface area (Å²) < 4.78 is 39.3. The number of aromatic nitrogens is 2. The topological polar surface area (TPSA) is 72.1 Å². The zero-order valence-electron chi connectivity index (χ0n) is 17.4. The SMILES string of the molecule is C[C@H]1CCC[C@@H]1N(Cc1ccc(C(F)(F)F)cn1)C(=O)c1ccc2nc(N)c(Br)cc2c1. The molecule has 1 saturated carbocycles. The average molecular weight is 507 g/mol. The minimum Gasteiger partial charge on any atom is -0.383 e. The Morgan fingerprint density at radius 1 is 1.22 bits per heavy atom. The van der Waals surface area contributed by atoms with Crippen molar-refractivity contribution >= 4 is 38.6 Å². The number of nitrogens with two attached hydrogens (primary N) is 1. The van der Waals surface area contributed by atoms with Crippen LogP contribution in [0.1, 0.15) is 47.8 Å². The minimum absolute atomic E-state index is 0.00133. The molecule has 4 rings (SSSR count). The molecule has 0 radical (unpaired) electrons. The Kier molecular flexibility index (Phi) is 6.11. The molecule has 0 unspecified atom stereocenters. The third-order valence-electron chi connectivity index (χ3n) is 6.00. The maximum Gasteiger partial charge on any atom is 0.417 e. The summed E-state index contributed by atoms with van der Waals surface area (Å²) in [5, 5.41) is 0.768. The Balaban J connectivity index is 1.66. The smallest absolute Gasteiger partial charge is 0.383 e. The number of hydrogen-bond acceptors (Lipinski definition) is 4. The van der Waals surface area contributed by atoms with Crippen LogP contribution in [0.4, 0.5) is 19.0 Å². The number of alkyl halides is 3. The first-order valence-electron chi connectivity index (χ1n) is 10.3. The van der Waals surface area contributed by atoms with Crippen molar-refractivity contribution in [3.63, 3.8) is 0 Å². The van der Waals surface area contributed by atoms with E-state index >= 15 is 0 Å². The molecule has 0 aliphatic heterocycles. The summed E-state index contributed by atoms with van der Waals surface area (Å²) in [4.78, 5) is 23.6. The second-order valence-electron chi connectivity index (χ2n) is 8.21. The van der Waals surface area contributed by atoms with Gasteiger partial charge in [-0.25, -0.2) is 4.98 Å². The van der Waals surface area contributed by atoms with Gasteiger partial charge in [-0.1, -0.05) is 13.3 Å². The number of amides is 1. The van der Waals surface area contributed by atoms with Crippen LogP contribution in [0.3, 0.4) is 0 Å². The van der Waals surface area contributed by atoms with Gasteiger partial charge in [-0.3, -0.25) is 9.78 Å². The van der Waals surface area contributed by atoms with Crippen LogP contribution in [0.5, 0.6) is 0 Å². The van der Waals surface area contributed by atoms with Crippen LogP contribution in [0.25, 0.3) is 10.9 Å². The van der Waals surface area contributed by atoms with E-state index in [0.717, 1.165) is 36.9 Å². The number of halogens is 4. The van der Waals surface area contributed by atoms with Crippen molar-refractivity contribution in [1.82, 2.24) is 14.9 Å². The molecule has 2 N–H and O–H groups in total. The van der Waals surface area contributed by atoms with E-state index < -0.39 is 11.7 Å². The lowest BCUT2D eigenvalue weighted by Gasteiger charge is -2.32. The summed E-state index contributed by atoms with van der Waals surface area (Å²) in [6.45, 7) is 2.25. The van der Waals surface area contributed by atoms with Crippen molar-refractivity contribution < 1.29 is 18.0 Å². The molecule has 2 atom stereocenters. The molecule has 9 heteroatoms. The van der Waals surface area contributed by atoms with Gasteiger partial charge in [0.25, 0.3) is 5.91 Å². The zero-order valence-corrected chi connectivity index (χ0v) is 18.9. The van der Waals surface area contributed by atoms with E-state index in [1.54, 1.807) is 23.1 Å². The van der Waals surface area contributed by atoms with E-state index in [-0.39, 0.29) is 18.5 Å². The molecule has 1 fully saturated rings. The quantitative estimate of drug-likeness (QED) is 0.483. The van der Waals surface area contributed by atoms with E-state index in [2.05, 4.69) is 32.8 Å². The van der Waals surface area contributed by atoms with Gasteiger partial charge in [-0.2, -0.15) is 13.2 Å². The fraction of sp³-hybridized carbons (Fsp3) is 0.348. The summed E-state index contributed by atoms with van der Waals surface area (Å²) in [7, 11) is 0. The zero-order chi connectivity index (χ0) is 23.0. The largest absolute Gasteiger partial charge is 0.417 e. The van der Waals surface area contributed by atoms with Crippen LogP contribution in [0.2, 0.25) is 0 Å². The minimum atomic E-state index is -4.45. The Morgan fingerprint density at radius 2 is 2.00 bits per heavy atom. The lowest BCUT2D eigenvalue weighted by molar-refractivity contribution is -0.137. The Labute approximate surface area is 192 Å². The van der Waals surface area contributed by atoms with Crippen molar-refractivity contribution in [2.75, 3.05) is 5.73 Å². The molecule has 2 aromatic heterocycles. The van der Waals surface area contributed by atoms with Gasteiger partial charge in [-0.05, 0) is 71.1 Å². The number of rotatable bonds is 4. The molecule has 2 heterocycles. The van der Waals surface area contributed by atoms with Gasteiger partial charge in [-0.15, -0.1) is 0 Å². The van der Waals surface area contributed by atoms with Crippen LogP contribution in [-0.2, 0) is 12.7 Å². The van der Waals surface area contributed by atoms with Crippen molar-refractivity contribution in [2.24, 2.45) is 5.92 Å². The van der Waals surface area contributed by atoms with E-state index in [0.29, 0.717) is 33.0 Å². The lowest BCUT2D eigenvalue weighted by Crippen LogP contribution is -2.41. The first-order chi connectivity index (χ1) is 15.1. The van der Waals surface area contributed by atoms with E-state index in [4.69, 9.17) is 5.73 Å². The Bertz CT molecular complexity index is 1150. The number of anilines is 1. The first-order valence-corrected chi connectivity index (χ1v) is 11.1. The number of fused-ring (bicyclic) bond motifs is 1. The highest BCUT2D eigenvalue weighted by Gasteiger charge is 2.34. The summed E-state index contributed by atoms with van der Waals surface area (Å²) in [6, 6.07) is 9.38. The molecule has 1 amide bonds. The van der Waals surface area contributed by atoms with E-state index in [9.17, 15) is 18.0 Å². The molecule has 0 bridgehead atoms. The van der Waals surface area contributed by atoms with Gasteiger partial charge in [0, 0.05) is 23.2 Å². The van der Waals surface area contributed by atoms with Crippen LogP contribution in [-0.4, -0.2) is 26.8 Å². The van der Waals surface area contributed by atoms with Gasteiger partial charge in [0.1, 0.15) is 5.82 Å². The number of nitrogens with zero attached hydrogens (tertiary/aromatic N) is 3. The van der Waals surface area contributed by atoms with Crippen LogP contribution >= 0.6 is 15.9 Å². The monoisotopic (exact) mass is 506 g/mol. The summed E-state index contributed by atoms with van der Waals surface area (Å²) in [5.41, 5.74) is 6.62. The van der Waals surface area contributed by atoms with Crippen molar-refractivity contribution in [2.45, 2.75) is 44.9 Å². The molecule has 0 spiro atoms. The molecular weight excluding hydrogens is 485 g/mol. The molecule has 5 nitrogen and oxygen atoms in total. The number of carbonyl (C=O) groups excluding carboxylic acids is 1. The van der Waals surface area contributed by atoms with Crippen molar-refractivity contribution in [3.05, 3.63) is 63.9 Å². The maximum absolute atomic E-state index is 13.6. The summed E-state index contributed by atoms with van der Waals surface area (Å²) in [6.07, 6.45) is -0.769. The Hall–Kier alpha value is -2.68. The van der Waals surface area contributed by atoms with Crippen LogP contribution in [0.15, 0.2) is 47.1 Å². The number of carbonyl (C=O) groups is 1. The molecule has 1 aliphatic rings. The van der Waals surface area contributed by atoms with E-state index in [1.165, 1.54) is 6.07 Å². The van der Waals surface area contributed by atoms with Crippen molar-refractivity contribution in [1.29, 1.82) is 0 Å². The molecule has 1 aromatic carbocycles. The second kappa shape index (κ2) is 8.69. The van der Waals surface area contributed by atoms with Crippen LogP contribution < -0.4 is 5.73 Å². The predicted octanol–water partition coefficient (Wildman–Crippen LogP) is 5.82. The molecule has 3 aromatic rings. The maximum atomic E-state index is 13.6. The molecule has 1 aliphatic carbocycles. The van der Waals surface area contributed by atoms with E-state index in [1.807, 2.05) is 6.07 Å². The van der Waals surface area contributed by atoms with Crippen molar-refractivity contribution in [3.8, 4) is 0 Å². The molecule has 32 heavy (non-hydrogen) atoms. The number of hydrogen-bond donors (Lipinski definition) is 1. The highest BCUT2D eigenvalue weighted by Crippen LogP contribution is 2.33. The van der Waals surface area contributed by atoms with Gasteiger partial charge in [0.2, 0.25) is 0 Å². The molecular formula is C23H22BrF3N4O. The molecule has 168 valence electrons. The first kappa shape index (κ1) is 22.5. The number of benzene rings is 1. The summed E-state index contributed by atoms with van der Waals surface area (Å²) in [5.74, 6) is 0.483. The molecule has 0 saturated heterocycles. The lowest BCUT2D eigenvalue weighted by atomic mass is 10.0. The Morgan fingerprint density at radius 3 is 2.62 bits per heavy atom. The standard InChI is InChI=1S/C23H22BrF3N4O/c1-13-3-2-4-20(13)31(12-17-7-6-16(11-29-17)23(25,26)27)22(32)14-5-8-19-15(9-14)10-18(24)21(28)30-19/h5-11,13,20H,2-4,12H2,1H3,(H2,28,30)/t13-,20-/m0/s1. The number of nitrogen functional groups attached to an aromatic ring is 1. The fourth-order valence-electron chi connectivity index (χ4n) is 4.25. The van der Waals surface area contributed by atoms with Gasteiger partial charge in [0.05, 0.1) is 27.8 Å². The predicted molar refractivity (Wildman–Crippen MR) is 120 cm³/mol. The third-order valence-corrected chi connectivity index (χ3v) is 6.64. The third kappa shape index (κ3) is 4.57. The second-order valence-corrected chi connectivity index (χ2v) is 9.06.